The number of halogens is 1. The van der Waals surface area contributed by atoms with Gasteiger partial charge in [0.2, 0.25) is 5.91 Å². The molecule has 214 valence electrons. The minimum absolute atomic E-state index is 0.0557. The van der Waals surface area contributed by atoms with Gasteiger partial charge >= 0.3 is 0 Å². The van der Waals surface area contributed by atoms with Crippen molar-refractivity contribution in [3.63, 3.8) is 0 Å². The summed E-state index contributed by atoms with van der Waals surface area (Å²) in [4.78, 5) is 41.1. The Morgan fingerprint density at radius 3 is 2.27 bits per heavy atom. The molecule has 40 heavy (non-hydrogen) atoms. The van der Waals surface area contributed by atoms with Crippen molar-refractivity contribution in [2.24, 2.45) is 5.73 Å². The van der Waals surface area contributed by atoms with E-state index in [1.54, 1.807) is 4.57 Å². The number of hydrogen-bond acceptors (Lipinski definition) is 7. The Labute approximate surface area is 231 Å². The summed E-state index contributed by atoms with van der Waals surface area (Å²) in [6, 6.07) is 13.7. The lowest BCUT2D eigenvalue weighted by molar-refractivity contribution is -0.307. The summed E-state index contributed by atoms with van der Waals surface area (Å²) in [6.45, 7) is 3.87. The van der Waals surface area contributed by atoms with E-state index in [-0.39, 0.29) is 37.4 Å². The molecule has 0 saturated carbocycles. The molecule has 0 spiro atoms. The van der Waals surface area contributed by atoms with Gasteiger partial charge in [-0.2, -0.15) is 0 Å². The second kappa shape index (κ2) is 13.8. The van der Waals surface area contributed by atoms with Crippen LogP contribution in [0.3, 0.4) is 0 Å². The molecule has 1 heterocycles. The number of carboxylic acid groups (broad SMARTS) is 1. The maximum Gasteiger partial charge on any atom is 0.272 e. The molecule has 0 saturated heterocycles. The number of amides is 2. The van der Waals surface area contributed by atoms with Crippen LogP contribution in [0.15, 0.2) is 54.6 Å². The van der Waals surface area contributed by atoms with Crippen molar-refractivity contribution in [2.45, 2.75) is 70.2 Å². The number of benzene rings is 2. The Morgan fingerprint density at radius 1 is 1.05 bits per heavy atom. The number of carboxylic acids is 1. The predicted octanol–water partition coefficient (Wildman–Crippen LogP) is 1.28. The Balaban J connectivity index is 1.95. The summed E-state index contributed by atoms with van der Waals surface area (Å²) in [5.74, 6) is -3.09. The first kappa shape index (κ1) is 30.5. The summed E-state index contributed by atoms with van der Waals surface area (Å²) in [6.07, 6.45) is -2.83. The van der Waals surface area contributed by atoms with Crippen LogP contribution in [-0.2, 0) is 22.6 Å². The van der Waals surface area contributed by atoms with Crippen molar-refractivity contribution < 1.29 is 34.1 Å². The Hall–Kier alpha value is -4.09. The number of nitrogens with one attached hydrogen (secondary N) is 1. The lowest BCUT2D eigenvalue weighted by Gasteiger charge is -2.20. The third-order valence-electron chi connectivity index (χ3n) is 6.43. The van der Waals surface area contributed by atoms with Crippen LogP contribution in [0.25, 0.3) is 11.4 Å². The molecular formula is C29H34FN4O6-. The number of hydrogen-bond donors (Lipinski definition) is 4. The Kier molecular flexibility index (Phi) is 10.5. The number of nitrogens with two attached hydrogens (primary N) is 1. The zero-order chi connectivity index (χ0) is 29.4. The summed E-state index contributed by atoms with van der Waals surface area (Å²) in [5, 5.41) is 33.8. The van der Waals surface area contributed by atoms with Crippen LogP contribution in [-0.4, -0.2) is 55.8 Å². The SMILES string of the molecule is CC(C)c1c(C(=O)N[C@H](Cc2ccccc2)C(N)=O)nc(-c2ccc(F)cc2)n1CC[C@@H](O)C[C@@H](O)CC(=O)[O-]. The van der Waals surface area contributed by atoms with Gasteiger partial charge < -0.3 is 35.7 Å². The number of nitrogens with zero attached hydrogens (tertiary/aromatic N) is 2. The maximum atomic E-state index is 13.7. The zero-order valence-corrected chi connectivity index (χ0v) is 22.4. The molecule has 11 heteroatoms. The average Bonchev–Trinajstić information content (AvgIpc) is 3.27. The number of carbonyl (C=O) groups excluding carboxylic acids is 3. The van der Waals surface area contributed by atoms with Crippen LogP contribution < -0.4 is 16.2 Å². The monoisotopic (exact) mass is 553 g/mol. The molecule has 0 radical (unpaired) electrons. The molecular weight excluding hydrogens is 519 g/mol. The average molecular weight is 554 g/mol. The molecule has 0 bridgehead atoms. The minimum Gasteiger partial charge on any atom is -0.550 e. The van der Waals surface area contributed by atoms with Gasteiger partial charge in [-0.15, -0.1) is 0 Å². The number of carbonyl (C=O) groups is 3. The van der Waals surface area contributed by atoms with Gasteiger partial charge in [0.15, 0.2) is 0 Å². The number of imidazole rings is 1. The summed E-state index contributed by atoms with van der Waals surface area (Å²) in [5.41, 5.74) is 7.49. The maximum absolute atomic E-state index is 13.7. The topological polar surface area (TPSA) is 171 Å². The number of aliphatic hydroxyl groups excluding tert-OH is 2. The fraction of sp³-hybridized carbons (Fsp3) is 0.379. The number of aliphatic hydroxyl groups is 2. The second-order valence-electron chi connectivity index (χ2n) is 10.0. The minimum atomic E-state index is -1.42. The van der Waals surface area contributed by atoms with Gasteiger partial charge in [0, 0.05) is 30.9 Å². The first-order valence-electron chi connectivity index (χ1n) is 13.0. The van der Waals surface area contributed by atoms with Gasteiger partial charge in [-0.1, -0.05) is 44.2 Å². The second-order valence-corrected chi connectivity index (χ2v) is 10.0. The largest absolute Gasteiger partial charge is 0.550 e. The molecule has 10 nitrogen and oxygen atoms in total. The predicted molar refractivity (Wildman–Crippen MR) is 143 cm³/mol. The van der Waals surface area contributed by atoms with Gasteiger partial charge in [-0.25, -0.2) is 9.37 Å². The number of rotatable bonds is 14. The fourth-order valence-corrected chi connectivity index (χ4v) is 4.55. The van der Waals surface area contributed by atoms with Crippen LogP contribution >= 0.6 is 0 Å². The molecule has 0 fully saturated rings. The molecule has 3 rings (SSSR count). The molecule has 2 amide bonds. The smallest absolute Gasteiger partial charge is 0.272 e. The van der Waals surface area contributed by atoms with E-state index in [4.69, 9.17) is 5.73 Å². The highest BCUT2D eigenvalue weighted by Crippen LogP contribution is 2.29. The number of aromatic nitrogens is 2. The normalized spacial score (nSPS) is 13.6. The number of primary amides is 1. The highest BCUT2D eigenvalue weighted by atomic mass is 19.1. The third-order valence-corrected chi connectivity index (χ3v) is 6.43. The molecule has 2 aromatic carbocycles. The highest BCUT2D eigenvalue weighted by molar-refractivity contribution is 5.97. The molecule has 3 atom stereocenters. The van der Waals surface area contributed by atoms with Crippen molar-refractivity contribution in [1.29, 1.82) is 0 Å². The zero-order valence-electron chi connectivity index (χ0n) is 22.4. The van der Waals surface area contributed by atoms with Crippen molar-refractivity contribution in [2.75, 3.05) is 0 Å². The van der Waals surface area contributed by atoms with E-state index >= 15 is 0 Å². The molecule has 5 N–H and O–H groups in total. The standard InChI is InChI=1S/C29H35FN4O6/c1-17(2)26-25(29(40)32-23(27(31)39)14-18-6-4-3-5-7-18)33-28(19-8-10-20(30)11-9-19)34(26)13-12-21(35)15-22(36)16-24(37)38/h3-11,17,21-23,35-36H,12-16H2,1-2H3,(H2,31,39)(H,32,40)(H,37,38)/p-1/t21-,22-,23-/m1/s1. The summed E-state index contributed by atoms with van der Waals surface area (Å²) < 4.78 is 15.4. The van der Waals surface area contributed by atoms with E-state index in [1.807, 2.05) is 44.2 Å². The highest BCUT2D eigenvalue weighted by Gasteiger charge is 2.28. The first-order chi connectivity index (χ1) is 19.0. The summed E-state index contributed by atoms with van der Waals surface area (Å²) >= 11 is 0. The quantitative estimate of drug-likeness (QED) is 0.233. The van der Waals surface area contributed by atoms with Crippen LogP contribution in [0.5, 0.6) is 0 Å². The van der Waals surface area contributed by atoms with Crippen molar-refractivity contribution in [1.82, 2.24) is 14.9 Å². The molecule has 0 aliphatic heterocycles. The van der Waals surface area contributed by atoms with E-state index in [9.17, 15) is 34.1 Å². The van der Waals surface area contributed by atoms with Gasteiger partial charge in [-0.05, 0) is 48.6 Å². The van der Waals surface area contributed by atoms with Crippen LogP contribution in [0.2, 0.25) is 0 Å². The number of aliphatic carboxylic acids is 1. The van der Waals surface area contributed by atoms with Crippen molar-refractivity contribution in [3.05, 3.63) is 77.4 Å². The van der Waals surface area contributed by atoms with Gasteiger partial charge in [-0.3, -0.25) is 9.59 Å². The molecule has 0 aliphatic carbocycles. The van der Waals surface area contributed by atoms with Gasteiger partial charge in [0.25, 0.3) is 5.91 Å². The van der Waals surface area contributed by atoms with Gasteiger partial charge in [0.1, 0.15) is 23.4 Å². The van der Waals surface area contributed by atoms with E-state index in [0.717, 1.165) is 5.56 Å². The third kappa shape index (κ3) is 8.20. The van der Waals surface area contributed by atoms with Crippen molar-refractivity contribution in [3.8, 4) is 11.4 Å². The molecule has 0 unspecified atom stereocenters. The van der Waals surface area contributed by atoms with E-state index in [0.29, 0.717) is 17.1 Å². The summed E-state index contributed by atoms with van der Waals surface area (Å²) in [7, 11) is 0. The van der Waals surface area contributed by atoms with E-state index < -0.39 is 48.3 Å². The Bertz CT molecular complexity index is 1310. The van der Waals surface area contributed by atoms with Gasteiger partial charge in [0.05, 0.1) is 17.9 Å². The Morgan fingerprint density at radius 2 is 1.70 bits per heavy atom. The lowest BCUT2D eigenvalue weighted by atomic mass is 10.0. The van der Waals surface area contributed by atoms with Crippen LogP contribution in [0.4, 0.5) is 4.39 Å². The van der Waals surface area contributed by atoms with Crippen molar-refractivity contribution >= 4 is 17.8 Å². The van der Waals surface area contributed by atoms with E-state index in [2.05, 4.69) is 10.3 Å². The molecule has 1 aromatic heterocycles. The molecule has 3 aromatic rings. The first-order valence-corrected chi connectivity index (χ1v) is 13.0. The van der Waals surface area contributed by atoms with Crippen LogP contribution in [0, 0.1) is 5.82 Å². The van der Waals surface area contributed by atoms with Crippen LogP contribution in [0.1, 0.15) is 60.8 Å². The van der Waals surface area contributed by atoms with E-state index in [1.165, 1.54) is 24.3 Å². The molecule has 0 aliphatic rings. The fourth-order valence-electron chi connectivity index (χ4n) is 4.55. The lowest BCUT2D eigenvalue weighted by Crippen LogP contribution is -2.46.